The molecule has 2 atom stereocenters. The van der Waals surface area contributed by atoms with Gasteiger partial charge >= 0.3 is 6.18 Å². The average molecular weight is 217 g/mol. The lowest BCUT2D eigenvalue weighted by Crippen LogP contribution is -2.52. The first-order chi connectivity index (χ1) is 6.26. The Morgan fingerprint density at radius 1 is 1.29 bits per heavy atom. The van der Waals surface area contributed by atoms with E-state index in [1.807, 2.05) is 0 Å². The first kappa shape index (κ1) is 11.7. The van der Waals surface area contributed by atoms with Crippen LogP contribution in [0.2, 0.25) is 0 Å². The van der Waals surface area contributed by atoms with Crippen LogP contribution >= 0.6 is 0 Å². The molecular weight excluding hydrogens is 205 g/mol. The molecule has 1 nitrogen and oxygen atoms in total. The van der Waals surface area contributed by atoms with Crippen LogP contribution in [0.5, 0.6) is 0 Å². The Labute approximate surface area is 78.5 Å². The van der Waals surface area contributed by atoms with Crippen molar-refractivity contribution in [3.63, 3.8) is 0 Å². The second kappa shape index (κ2) is 3.64. The molecule has 14 heavy (non-hydrogen) atoms. The van der Waals surface area contributed by atoms with Crippen LogP contribution in [0.1, 0.15) is 25.7 Å². The monoisotopic (exact) mass is 217 g/mol. The largest absolute Gasteiger partial charge is 0.391 e. The fraction of sp³-hybridized carbons (Fsp3) is 1.00. The third-order valence-corrected chi connectivity index (χ3v) is 2.72. The van der Waals surface area contributed by atoms with Gasteiger partial charge in [0.15, 0.2) is 0 Å². The molecule has 1 saturated carbocycles. The summed E-state index contributed by atoms with van der Waals surface area (Å²) >= 11 is 0. The summed E-state index contributed by atoms with van der Waals surface area (Å²) in [5, 5.41) is 0. The lowest BCUT2D eigenvalue weighted by Gasteiger charge is -2.37. The van der Waals surface area contributed by atoms with E-state index >= 15 is 0 Å². The van der Waals surface area contributed by atoms with Crippen LogP contribution in [0.3, 0.4) is 0 Å². The Bertz CT molecular complexity index is 202. The molecule has 0 aliphatic heterocycles. The van der Waals surface area contributed by atoms with Crippen molar-refractivity contribution in [1.82, 2.24) is 0 Å². The van der Waals surface area contributed by atoms with E-state index < -0.39 is 30.5 Å². The van der Waals surface area contributed by atoms with Crippen molar-refractivity contribution in [1.29, 1.82) is 0 Å². The van der Waals surface area contributed by atoms with Gasteiger partial charge in [-0.3, -0.25) is 0 Å². The molecule has 84 valence electrons. The van der Waals surface area contributed by atoms with Crippen LogP contribution < -0.4 is 5.73 Å². The molecule has 0 amide bonds. The van der Waals surface area contributed by atoms with E-state index in [1.54, 1.807) is 0 Å². The highest BCUT2D eigenvalue weighted by molar-refractivity contribution is 4.94. The Hall–Kier alpha value is -0.390. The molecule has 0 spiro atoms. The zero-order valence-electron chi connectivity index (χ0n) is 7.45. The van der Waals surface area contributed by atoms with Crippen molar-refractivity contribution in [2.24, 2.45) is 11.7 Å². The van der Waals surface area contributed by atoms with Gasteiger partial charge in [0.1, 0.15) is 0 Å². The molecule has 2 unspecified atom stereocenters. The fourth-order valence-corrected chi connectivity index (χ4v) is 1.82. The summed E-state index contributed by atoms with van der Waals surface area (Å²) in [5.74, 6) is -1.67. The molecule has 0 aromatic heterocycles. The van der Waals surface area contributed by atoms with Crippen molar-refractivity contribution < 1.29 is 22.0 Å². The summed E-state index contributed by atoms with van der Waals surface area (Å²) in [6.45, 7) is 0. The van der Waals surface area contributed by atoms with E-state index in [1.165, 1.54) is 0 Å². The van der Waals surface area contributed by atoms with Crippen molar-refractivity contribution in [2.75, 3.05) is 0 Å². The van der Waals surface area contributed by atoms with Gasteiger partial charge in [-0.05, 0) is 19.3 Å². The summed E-state index contributed by atoms with van der Waals surface area (Å²) < 4.78 is 61.5. The van der Waals surface area contributed by atoms with Gasteiger partial charge in [-0.2, -0.15) is 13.2 Å². The Balaban J connectivity index is 2.69. The molecule has 0 aromatic carbocycles. The smallest absolute Gasteiger partial charge is 0.320 e. The molecule has 0 bridgehead atoms. The van der Waals surface area contributed by atoms with Gasteiger partial charge in [0.25, 0.3) is 6.43 Å². The van der Waals surface area contributed by atoms with Crippen molar-refractivity contribution in [3.05, 3.63) is 0 Å². The topological polar surface area (TPSA) is 26.0 Å². The molecule has 1 rings (SSSR count). The second-order valence-electron chi connectivity index (χ2n) is 3.87. The highest BCUT2D eigenvalue weighted by Crippen LogP contribution is 2.42. The average Bonchev–Trinajstić information content (AvgIpc) is 2.02. The number of hydrogen-bond acceptors (Lipinski definition) is 1. The standard InChI is InChI=1S/C8H12F5N/c9-6(10)7(14)3-1-2-5(4-7)8(11,12)13/h5-6H,1-4,14H2. The molecule has 6 heteroatoms. The minimum Gasteiger partial charge on any atom is -0.320 e. The van der Waals surface area contributed by atoms with Gasteiger partial charge in [0.2, 0.25) is 0 Å². The van der Waals surface area contributed by atoms with Gasteiger partial charge in [-0.1, -0.05) is 6.42 Å². The SMILES string of the molecule is NC1(C(F)F)CCCC(C(F)(F)F)C1. The van der Waals surface area contributed by atoms with Gasteiger partial charge in [0, 0.05) is 0 Å². The van der Waals surface area contributed by atoms with E-state index in [4.69, 9.17) is 5.73 Å². The first-order valence-corrected chi connectivity index (χ1v) is 4.39. The van der Waals surface area contributed by atoms with Gasteiger partial charge < -0.3 is 5.73 Å². The molecule has 0 saturated heterocycles. The normalized spacial score (nSPS) is 34.9. The minimum absolute atomic E-state index is 0.0305. The Kier molecular flexibility index (Phi) is 3.04. The van der Waals surface area contributed by atoms with Crippen LogP contribution in [-0.2, 0) is 0 Å². The quantitative estimate of drug-likeness (QED) is 0.671. The van der Waals surface area contributed by atoms with E-state index in [-0.39, 0.29) is 19.3 Å². The number of nitrogens with two attached hydrogens (primary N) is 1. The third kappa shape index (κ3) is 2.34. The van der Waals surface area contributed by atoms with Crippen LogP contribution in [0, 0.1) is 5.92 Å². The van der Waals surface area contributed by atoms with Crippen LogP contribution in [0.15, 0.2) is 0 Å². The maximum Gasteiger partial charge on any atom is 0.391 e. The summed E-state index contributed by atoms with van der Waals surface area (Å²) in [5.41, 5.74) is 3.29. The van der Waals surface area contributed by atoms with Crippen molar-refractivity contribution >= 4 is 0 Å². The number of alkyl halides is 5. The van der Waals surface area contributed by atoms with Crippen LogP contribution in [0.25, 0.3) is 0 Å². The van der Waals surface area contributed by atoms with Crippen LogP contribution in [0.4, 0.5) is 22.0 Å². The van der Waals surface area contributed by atoms with E-state index in [9.17, 15) is 22.0 Å². The lowest BCUT2D eigenvalue weighted by molar-refractivity contribution is -0.191. The molecule has 0 aromatic rings. The maximum atomic E-state index is 12.4. The molecule has 0 radical (unpaired) electrons. The van der Waals surface area contributed by atoms with E-state index in [0.29, 0.717) is 0 Å². The zero-order valence-corrected chi connectivity index (χ0v) is 7.45. The predicted octanol–water partition coefficient (Wildman–Crippen LogP) is 2.70. The molecule has 2 N–H and O–H groups in total. The Morgan fingerprint density at radius 2 is 1.86 bits per heavy atom. The maximum absolute atomic E-state index is 12.4. The summed E-state index contributed by atoms with van der Waals surface area (Å²) in [7, 11) is 0. The lowest BCUT2D eigenvalue weighted by atomic mass is 9.76. The minimum atomic E-state index is -4.40. The fourth-order valence-electron chi connectivity index (χ4n) is 1.82. The van der Waals surface area contributed by atoms with Crippen LogP contribution in [-0.4, -0.2) is 18.1 Å². The highest BCUT2D eigenvalue weighted by Gasteiger charge is 2.49. The van der Waals surface area contributed by atoms with E-state index in [0.717, 1.165) is 0 Å². The molecule has 0 heterocycles. The highest BCUT2D eigenvalue weighted by atomic mass is 19.4. The summed E-state index contributed by atoms with van der Waals surface area (Å²) in [6.07, 6.45) is -7.95. The zero-order chi connectivity index (χ0) is 11.0. The van der Waals surface area contributed by atoms with Crippen molar-refractivity contribution in [3.8, 4) is 0 Å². The van der Waals surface area contributed by atoms with Gasteiger partial charge in [0.05, 0.1) is 11.5 Å². The summed E-state index contributed by atoms with van der Waals surface area (Å²) in [6, 6.07) is 0. The van der Waals surface area contributed by atoms with Crippen molar-refractivity contribution in [2.45, 2.75) is 43.8 Å². The first-order valence-electron chi connectivity index (χ1n) is 4.39. The van der Waals surface area contributed by atoms with Gasteiger partial charge in [-0.25, -0.2) is 8.78 Å². The molecular formula is C8H12F5N. The predicted molar refractivity (Wildman–Crippen MR) is 40.9 cm³/mol. The number of halogens is 5. The molecule has 1 fully saturated rings. The van der Waals surface area contributed by atoms with E-state index in [2.05, 4.69) is 0 Å². The number of hydrogen-bond donors (Lipinski definition) is 1. The molecule has 1 aliphatic carbocycles. The molecule has 1 aliphatic rings. The van der Waals surface area contributed by atoms with Gasteiger partial charge in [-0.15, -0.1) is 0 Å². The Morgan fingerprint density at radius 3 is 2.29 bits per heavy atom. The number of rotatable bonds is 1. The summed E-state index contributed by atoms with van der Waals surface area (Å²) in [4.78, 5) is 0. The second-order valence-corrected chi connectivity index (χ2v) is 3.87. The third-order valence-electron chi connectivity index (χ3n) is 2.72.